The van der Waals surface area contributed by atoms with Crippen molar-refractivity contribution in [3.63, 3.8) is 0 Å². The van der Waals surface area contributed by atoms with Gasteiger partial charge in [0, 0.05) is 44.3 Å². The summed E-state index contributed by atoms with van der Waals surface area (Å²) in [7, 11) is 3.22. The highest BCUT2D eigenvalue weighted by Gasteiger charge is 2.31. The summed E-state index contributed by atoms with van der Waals surface area (Å²) in [5.41, 5.74) is 0.643. The first-order valence-electron chi connectivity index (χ1n) is 11.2. The number of rotatable bonds is 7. The molecule has 0 bridgehead atoms. The lowest BCUT2D eigenvalue weighted by Gasteiger charge is -2.44. The number of hydrogen-bond donors (Lipinski definition) is 1. The van der Waals surface area contributed by atoms with Crippen LogP contribution in [-0.2, 0) is 4.79 Å². The highest BCUT2D eigenvalue weighted by molar-refractivity contribution is 5.96. The Bertz CT molecular complexity index is 696. The minimum atomic E-state index is -0.189. The zero-order valence-electron chi connectivity index (χ0n) is 19.2. The zero-order chi connectivity index (χ0) is 21.7. The van der Waals surface area contributed by atoms with E-state index in [2.05, 4.69) is 33.9 Å². The summed E-state index contributed by atoms with van der Waals surface area (Å²) < 4.78 is 10.7. The molecule has 2 fully saturated rings. The number of benzene rings is 1. The van der Waals surface area contributed by atoms with Crippen LogP contribution in [0.25, 0.3) is 0 Å². The lowest BCUT2D eigenvalue weighted by molar-refractivity contribution is -0.121. The molecule has 0 saturated carbocycles. The van der Waals surface area contributed by atoms with Gasteiger partial charge in [-0.2, -0.15) is 0 Å². The van der Waals surface area contributed by atoms with Crippen molar-refractivity contribution in [1.82, 2.24) is 14.7 Å². The van der Waals surface area contributed by atoms with Crippen molar-refractivity contribution in [1.29, 1.82) is 0 Å². The molecule has 2 aliphatic rings. The summed E-state index contributed by atoms with van der Waals surface area (Å²) in [4.78, 5) is 20.4. The summed E-state index contributed by atoms with van der Waals surface area (Å²) in [6, 6.07) is 6.57. The molecule has 168 valence electrons. The number of ether oxygens (including phenoxy) is 2. The molecule has 2 heterocycles. The number of likely N-dealkylation sites (tertiary alicyclic amines) is 1. The molecule has 0 aromatic heterocycles. The maximum absolute atomic E-state index is 12.9. The van der Waals surface area contributed by atoms with Gasteiger partial charge in [0.05, 0.1) is 25.9 Å². The second kappa shape index (κ2) is 10.5. The van der Waals surface area contributed by atoms with Gasteiger partial charge in [0.1, 0.15) is 11.5 Å². The van der Waals surface area contributed by atoms with Crippen LogP contribution < -0.4 is 14.8 Å². The molecule has 1 amide bonds. The van der Waals surface area contributed by atoms with E-state index >= 15 is 0 Å². The van der Waals surface area contributed by atoms with Crippen molar-refractivity contribution in [2.45, 2.75) is 51.7 Å². The first kappa shape index (κ1) is 22.8. The van der Waals surface area contributed by atoms with Crippen LogP contribution in [0.4, 0.5) is 5.69 Å². The van der Waals surface area contributed by atoms with E-state index in [1.807, 2.05) is 19.1 Å². The maximum Gasteiger partial charge on any atom is 0.241 e. The highest BCUT2D eigenvalue weighted by Crippen LogP contribution is 2.29. The predicted octanol–water partition coefficient (Wildman–Crippen LogP) is 2.52. The van der Waals surface area contributed by atoms with Gasteiger partial charge in [0.15, 0.2) is 0 Å². The molecule has 0 spiro atoms. The van der Waals surface area contributed by atoms with E-state index in [-0.39, 0.29) is 11.9 Å². The Labute approximate surface area is 181 Å². The van der Waals surface area contributed by atoms with Gasteiger partial charge in [0.2, 0.25) is 5.91 Å². The highest BCUT2D eigenvalue weighted by atomic mass is 16.5. The smallest absolute Gasteiger partial charge is 0.241 e. The van der Waals surface area contributed by atoms with Gasteiger partial charge in [-0.1, -0.05) is 0 Å². The van der Waals surface area contributed by atoms with Crippen molar-refractivity contribution in [3.8, 4) is 11.5 Å². The van der Waals surface area contributed by atoms with E-state index < -0.39 is 0 Å². The third-order valence-electron chi connectivity index (χ3n) is 6.69. The van der Waals surface area contributed by atoms with Crippen LogP contribution in [-0.4, -0.2) is 92.2 Å². The molecule has 0 aliphatic carbocycles. The molecule has 2 saturated heterocycles. The summed E-state index contributed by atoms with van der Waals surface area (Å²) in [6.45, 7) is 12.9. The van der Waals surface area contributed by atoms with Crippen LogP contribution in [0.3, 0.4) is 0 Å². The Kier molecular flexibility index (Phi) is 7.97. The van der Waals surface area contributed by atoms with Crippen molar-refractivity contribution in [2.24, 2.45) is 0 Å². The zero-order valence-corrected chi connectivity index (χ0v) is 19.2. The summed E-state index contributed by atoms with van der Waals surface area (Å²) in [5, 5.41) is 3.02. The van der Waals surface area contributed by atoms with Crippen LogP contribution in [0.2, 0.25) is 0 Å². The second-order valence-corrected chi connectivity index (χ2v) is 8.66. The summed E-state index contributed by atoms with van der Waals surface area (Å²) >= 11 is 0. The number of anilines is 1. The van der Waals surface area contributed by atoms with E-state index in [9.17, 15) is 4.79 Å². The quantitative estimate of drug-likeness (QED) is 0.734. The van der Waals surface area contributed by atoms with Gasteiger partial charge in [-0.3, -0.25) is 14.6 Å². The van der Waals surface area contributed by atoms with Gasteiger partial charge < -0.3 is 19.7 Å². The normalized spacial score (nSPS) is 20.9. The Hall–Kier alpha value is -1.83. The first-order valence-corrected chi connectivity index (χ1v) is 11.2. The number of methoxy groups -OCH3 is 2. The van der Waals surface area contributed by atoms with E-state index in [0.717, 1.165) is 26.2 Å². The molecule has 1 aromatic carbocycles. The lowest BCUT2D eigenvalue weighted by Crippen LogP contribution is -2.56. The molecule has 7 heteroatoms. The van der Waals surface area contributed by atoms with Gasteiger partial charge in [0.25, 0.3) is 0 Å². The van der Waals surface area contributed by atoms with Gasteiger partial charge in [-0.25, -0.2) is 0 Å². The predicted molar refractivity (Wildman–Crippen MR) is 121 cm³/mol. The topological polar surface area (TPSA) is 57.3 Å². The van der Waals surface area contributed by atoms with Crippen LogP contribution in [0.15, 0.2) is 18.2 Å². The standard InChI is InChI=1S/C23H38N4O3/c1-17(2)25-10-8-19(9-11-25)27-14-12-26(13-15-27)18(3)23(28)24-21-16-20(29-4)6-7-22(21)30-5/h6-7,16-19H,8-15H2,1-5H3,(H,24,28)/t18-/m1/s1. The Morgan fingerprint density at radius 1 is 0.967 bits per heavy atom. The van der Waals surface area contributed by atoms with Crippen LogP contribution in [0.5, 0.6) is 11.5 Å². The number of nitrogens with zero attached hydrogens (tertiary/aromatic N) is 3. The summed E-state index contributed by atoms with van der Waals surface area (Å²) in [5.74, 6) is 1.31. The van der Waals surface area contributed by atoms with E-state index in [0.29, 0.717) is 29.3 Å². The molecule has 1 aromatic rings. The molecule has 1 atom stereocenters. The SMILES string of the molecule is COc1ccc(OC)c(NC(=O)[C@@H](C)N2CCN(C3CCN(C(C)C)CC3)CC2)c1. The lowest BCUT2D eigenvalue weighted by atomic mass is 10.0. The minimum Gasteiger partial charge on any atom is -0.497 e. The summed E-state index contributed by atoms with van der Waals surface area (Å²) in [6.07, 6.45) is 2.51. The molecule has 3 rings (SSSR count). The van der Waals surface area contributed by atoms with Crippen molar-refractivity contribution in [3.05, 3.63) is 18.2 Å². The molecule has 7 nitrogen and oxygen atoms in total. The Balaban J connectivity index is 1.50. The minimum absolute atomic E-state index is 0.0137. The van der Waals surface area contributed by atoms with Gasteiger partial charge in [-0.05, 0) is 58.8 Å². The average Bonchev–Trinajstić information content (AvgIpc) is 2.78. The number of amides is 1. The largest absolute Gasteiger partial charge is 0.497 e. The van der Waals surface area contributed by atoms with E-state index in [4.69, 9.17) is 9.47 Å². The monoisotopic (exact) mass is 418 g/mol. The molecule has 0 radical (unpaired) electrons. The molecular formula is C23H38N4O3. The molecule has 30 heavy (non-hydrogen) atoms. The number of nitrogens with one attached hydrogen (secondary N) is 1. The maximum atomic E-state index is 12.9. The van der Waals surface area contributed by atoms with Gasteiger partial charge >= 0.3 is 0 Å². The average molecular weight is 419 g/mol. The number of carbonyl (C=O) groups excluding carboxylic acids is 1. The Morgan fingerprint density at radius 2 is 1.63 bits per heavy atom. The third-order valence-corrected chi connectivity index (χ3v) is 6.69. The van der Waals surface area contributed by atoms with Crippen LogP contribution >= 0.6 is 0 Å². The fourth-order valence-corrected chi connectivity index (χ4v) is 4.57. The van der Waals surface area contributed by atoms with Crippen LogP contribution in [0.1, 0.15) is 33.6 Å². The fraction of sp³-hybridized carbons (Fsp3) is 0.696. The fourth-order valence-electron chi connectivity index (χ4n) is 4.57. The molecule has 1 N–H and O–H groups in total. The number of carbonyl (C=O) groups is 1. The van der Waals surface area contributed by atoms with Crippen molar-refractivity contribution >= 4 is 11.6 Å². The molecule has 0 unspecified atom stereocenters. The number of piperidine rings is 1. The molecule has 2 aliphatic heterocycles. The second-order valence-electron chi connectivity index (χ2n) is 8.66. The van der Waals surface area contributed by atoms with E-state index in [1.165, 1.54) is 25.9 Å². The third kappa shape index (κ3) is 5.45. The Morgan fingerprint density at radius 3 is 2.20 bits per heavy atom. The van der Waals surface area contributed by atoms with Crippen molar-refractivity contribution < 1.29 is 14.3 Å². The molecular weight excluding hydrogens is 380 g/mol. The first-order chi connectivity index (χ1) is 14.4. The van der Waals surface area contributed by atoms with Crippen molar-refractivity contribution in [2.75, 3.05) is 58.8 Å². The van der Waals surface area contributed by atoms with Crippen LogP contribution in [0, 0.1) is 0 Å². The van der Waals surface area contributed by atoms with Gasteiger partial charge in [-0.15, -0.1) is 0 Å². The number of hydrogen-bond acceptors (Lipinski definition) is 6. The van der Waals surface area contributed by atoms with E-state index in [1.54, 1.807) is 20.3 Å². The number of piperazine rings is 1.